The van der Waals surface area contributed by atoms with Gasteiger partial charge >= 0.3 is 6.18 Å². The van der Waals surface area contributed by atoms with Crippen LogP contribution < -0.4 is 10.6 Å². The Morgan fingerprint density at radius 3 is 2.71 bits per heavy atom. The third kappa shape index (κ3) is 4.22. The fourth-order valence-electron chi connectivity index (χ4n) is 1.77. The third-order valence-electron chi connectivity index (χ3n) is 2.70. The van der Waals surface area contributed by atoms with Crippen LogP contribution in [-0.2, 0) is 17.5 Å². The summed E-state index contributed by atoms with van der Waals surface area (Å²) < 4.78 is 37.8. The summed E-state index contributed by atoms with van der Waals surface area (Å²) in [6.07, 6.45) is -4.36. The predicted molar refractivity (Wildman–Crippen MR) is 77.4 cm³/mol. The molecule has 0 aliphatic heterocycles. The molecule has 7 heteroatoms. The van der Waals surface area contributed by atoms with Gasteiger partial charge in [-0.2, -0.15) is 13.2 Å². The number of hydrogen-bond acceptors (Lipinski definition) is 3. The molecule has 1 aromatic heterocycles. The van der Waals surface area contributed by atoms with Crippen molar-refractivity contribution in [1.82, 2.24) is 0 Å². The number of thiophene rings is 1. The van der Waals surface area contributed by atoms with Gasteiger partial charge in [0.25, 0.3) is 0 Å². The zero-order valence-electron chi connectivity index (χ0n) is 11.1. The minimum Gasteiger partial charge on any atom is -0.380 e. The highest BCUT2D eigenvalue weighted by atomic mass is 32.1. The van der Waals surface area contributed by atoms with Crippen LogP contribution in [0.4, 0.5) is 24.5 Å². The van der Waals surface area contributed by atoms with E-state index in [1.165, 1.54) is 24.3 Å². The molecular weight excluding hydrogens is 301 g/mol. The van der Waals surface area contributed by atoms with Gasteiger partial charge < -0.3 is 10.6 Å². The van der Waals surface area contributed by atoms with Gasteiger partial charge in [0.1, 0.15) is 0 Å². The van der Waals surface area contributed by atoms with Gasteiger partial charge in [-0.15, -0.1) is 11.3 Å². The lowest BCUT2D eigenvalue weighted by atomic mass is 10.2. The van der Waals surface area contributed by atoms with E-state index in [2.05, 4.69) is 10.6 Å². The molecule has 0 saturated carbocycles. The number of alkyl halides is 3. The van der Waals surface area contributed by atoms with Gasteiger partial charge in [0.15, 0.2) is 0 Å². The van der Waals surface area contributed by atoms with Crippen molar-refractivity contribution < 1.29 is 18.0 Å². The van der Waals surface area contributed by atoms with E-state index in [1.54, 1.807) is 12.1 Å². The summed E-state index contributed by atoms with van der Waals surface area (Å²) >= 11 is 1.42. The summed E-state index contributed by atoms with van der Waals surface area (Å²) in [6, 6.07) is 6.77. The van der Waals surface area contributed by atoms with Crippen LogP contribution in [0, 0.1) is 0 Å². The molecule has 0 radical (unpaired) electrons. The Bertz CT molecular complexity index is 637. The molecule has 0 spiro atoms. The quantitative estimate of drug-likeness (QED) is 0.881. The fraction of sp³-hybridized carbons (Fsp3) is 0.214. The summed E-state index contributed by atoms with van der Waals surface area (Å²) in [5.41, 5.74) is 0.361. The van der Waals surface area contributed by atoms with Crippen LogP contribution in [0.5, 0.6) is 0 Å². The molecule has 0 atom stereocenters. The zero-order valence-corrected chi connectivity index (χ0v) is 11.9. The maximum Gasteiger partial charge on any atom is 0.416 e. The SMILES string of the molecule is CC(=O)Nc1ccsc1CNc1cccc(C(F)(F)F)c1. The molecule has 2 aromatic rings. The molecule has 21 heavy (non-hydrogen) atoms. The summed E-state index contributed by atoms with van der Waals surface area (Å²) in [4.78, 5) is 11.9. The normalized spacial score (nSPS) is 11.2. The number of rotatable bonds is 4. The Balaban J connectivity index is 2.07. The molecule has 2 N–H and O–H groups in total. The average Bonchev–Trinajstić information content (AvgIpc) is 2.82. The first kappa shape index (κ1) is 15.4. The molecule has 1 heterocycles. The minimum atomic E-state index is -4.36. The van der Waals surface area contributed by atoms with Crippen LogP contribution >= 0.6 is 11.3 Å². The number of hydrogen-bond donors (Lipinski definition) is 2. The highest BCUT2D eigenvalue weighted by Gasteiger charge is 2.30. The van der Waals surface area contributed by atoms with E-state index in [9.17, 15) is 18.0 Å². The van der Waals surface area contributed by atoms with E-state index < -0.39 is 11.7 Å². The van der Waals surface area contributed by atoms with E-state index in [-0.39, 0.29) is 5.91 Å². The molecule has 0 saturated heterocycles. The number of nitrogens with one attached hydrogen (secondary N) is 2. The number of halogens is 3. The molecule has 0 bridgehead atoms. The molecule has 3 nitrogen and oxygen atoms in total. The van der Waals surface area contributed by atoms with Gasteiger partial charge in [-0.05, 0) is 29.6 Å². The van der Waals surface area contributed by atoms with Gasteiger partial charge in [-0.25, -0.2) is 0 Å². The van der Waals surface area contributed by atoms with Crippen molar-refractivity contribution in [2.75, 3.05) is 10.6 Å². The minimum absolute atomic E-state index is 0.186. The van der Waals surface area contributed by atoms with Gasteiger partial charge in [-0.1, -0.05) is 6.07 Å². The summed E-state index contributed by atoms with van der Waals surface area (Å²) in [5.74, 6) is -0.186. The van der Waals surface area contributed by atoms with Crippen LogP contribution in [0.1, 0.15) is 17.4 Å². The molecule has 1 aromatic carbocycles. The number of carbonyl (C=O) groups is 1. The topological polar surface area (TPSA) is 41.1 Å². The van der Waals surface area contributed by atoms with E-state index in [4.69, 9.17) is 0 Å². The average molecular weight is 314 g/mol. The lowest BCUT2D eigenvalue weighted by Gasteiger charge is -2.11. The van der Waals surface area contributed by atoms with Crippen LogP contribution in [0.2, 0.25) is 0 Å². The van der Waals surface area contributed by atoms with Crippen molar-refractivity contribution in [2.24, 2.45) is 0 Å². The molecule has 0 aliphatic carbocycles. The summed E-state index contributed by atoms with van der Waals surface area (Å²) in [6.45, 7) is 1.75. The Morgan fingerprint density at radius 2 is 2.05 bits per heavy atom. The van der Waals surface area contributed by atoms with Crippen LogP contribution in [0.15, 0.2) is 35.7 Å². The number of benzene rings is 1. The summed E-state index contributed by atoms with van der Waals surface area (Å²) in [7, 11) is 0. The maximum absolute atomic E-state index is 12.6. The highest BCUT2D eigenvalue weighted by Crippen LogP contribution is 2.31. The van der Waals surface area contributed by atoms with Crippen molar-refractivity contribution in [3.8, 4) is 0 Å². The van der Waals surface area contributed by atoms with Crippen molar-refractivity contribution in [3.63, 3.8) is 0 Å². The molecular formula is C14H13F3N2OS. The van der Waals surface area contributed by atoms with E-state index in [0.29, 0.717) is 17.9 Å². The number of carbonyl (C=O) groups excluding carboxylic acids is 1. The van der Waals surface area contributed by atoms with Crippen molar-refractivity contribution >= 4 is 28.6 Å². The van der Waals surface area contributed by atoms with Crippen LogP contribution in [0.25, 0.3) is 0 Å². The predicted octanol–water partition coefficient (Wildman–Crippen LogP) is 4.34. The lowest BCUT2D eigenvalue weighted by molar-refractivity contribution is -0.137. The molecule has 0 aliphatic rings. The Kier molecular flexibility index (Phi) is 4.52. The van der Waals surface area contributed by atoms with E-state index >= 15 is 0 Å². The smallest absolute Gasteiger partial charge is 0.380 e. The van der Waals surface area contributed by atoms with Gasteiger partial charge in [0.05, 0.1) is 17.8 Å². The first-order chi connectivity index (χ1) is 9.86. The van der Waals surface area contributed by atoms with E-state index in [1.807, 2.05) is 5.38 Å². The number of amides is 1. The first-order valence-electron chi connectivity index (χ1n) is 6.11. The Hall–Kier alpha value is -2.02. The van der Waals surface area contributed by atoms with Crippen molar-refractivity contribution in [3.05, 3.63) is 46.2 Å². The molecule has 2 rings (SSSR count). The first-order valence-corrected chi connectivity index (χ1v) is 6.99. The largest absolute Gasteiger partial charge is 0.416 e. The monoisotopic (exact) mass is 314 g/mol. The molecule has 1 amide bonds. The molecule has 0 unspecified atom stereocenters. The highest BCUT2D eigenvalue weighted by molar-refractivity contribution is 7.10. The second-order valence-electron chi connectivity index (χ2n) is 4.37. The summed E-state index contributed by atoms with van der Waals surface area (Å²) in [5, 5.41) is 7.42. The standard InChI is InChI=1S/C14H13F3N2OS/c1-9(20)19-12-5-6-21-13(12)8-18-11-4-2-3-10(7-11)14(15,16)17/h2-7,18H,8H2,1H3,(H,19,20). The van der Waals surface area contributed by atoms with Crippen LogP contribution in [-0.4, -0.2) is 5.91 Å². The Labute approximate surface area is 123 Å². The second kappa shape index (κ2) is 6.17. The number of anilines is 2. The van der Waals surface area contributed by atoms with Crippen molar-refractivity contribution in [1.29, 1.82) is 0 Å². The maximum atomic E-state index is 12.6. The Morgan fingerprint density at radius 1 is 1.29 bits per heavy atom. The van der Waals surface area contributed by atoms with Gasteiger partial charge in [0.2, 0.25) is 5.91 Å². The van der Waals surface area contributed by atoms with E-state index in [0.717, 1.165) is 17.0 Å². The lowest BCUT2D eigenvalue weighted by Crippen LogP contribution is -2.09. The molecule has 112 valence electrons. The third-order valence-corrected chi connectivity index (χ3v) is 3.62. The zero-order chi connectivity index (χ0) is 15.5. The van der Waals surface area contributed by atoms with Crippen molar-refractivity contribution in [2.45, 2.75) is 19.6 Å². The molecule has 0 fully saturated rings. The van der Waals surface area contributed by atoms with Crippen LogP contribution in [0.3, 0.4) is 0 Å². The van der Waals surface area contributed by atoms with Gasteiger partial charge in [-0.3, -0.25) is 4.79 Å². The van der Waals surface area contributed by atoms with Gasteiger partial charge in [0, 0.05) is 17.5 Å². The fourth-order valence-corrected chi connectivity index (χ4v) is 2.54. The second-order valence-corrected chi connectivity index (χ2v) is 5.37.